The first-order valence-electron chi connectivity index (χ1n) is 9.92. The molecule has 0 unspecified atom stereocenters. The summed E-state index contributed by atoms with van der Waals surface area (Å²) in [6.45, 7) is 0.321. The minimum absolute atomic E-state index is 0.0176. The third-order valence-corrected chi connectivity index (χ3v) is 5.36. The van der Waals surface area contributed by atoms with Gasteiger partial charge in [-0.2, -0.15) is 5.10 Å². The Bertz CT molecular complexity index is 884. The fourth-order valence-corrected chi connectivity index (χ4v) is 3.68. The number of carbonyl (C=O) groups is 2. The Morgan fingerprint density at radius 3 is 2.62 bits per heavy atom. The summed E-state index contributed by atoms with van der Waals surface area (Å²) in [7, 11) is 1.60. The van der Waals surface area contributed by atoms with Crippen molar-refractivity contribution in [3.8, 4) is 17.1 Å². The highest BCUT2D eigenvalue weighted by Gasteiger charge is 2.16. The minimum Gasteiger partial charge on any atom is -0.497 e. The number of hydrogen-bond acceptors (Lipinski definition) is 5. The zero-order valence-electron chi connectivity index (χ0n) is 16.6. The second kappa shape index (κ2) is 10.2. The maximum Gasteiger partial charge on any atom is 0.240 e. The second-order valence-corrected chi connectivity index (χ2v) is 7.56. The third kappa shape index (κ3) is 5.90. The molecule has 0 atom stereocenters. The summed E-state index contributed by atoms with van der Waals surface area (Å²) in [6, 6.07) is 7.63. The molecule has 0 saturated heterocycles. The van der Waals surface area contributed by atoms with E-state index in [1.54, 1.807) is 11.7 Å². The smallest absolute Gasteiger partial charge is 0.240 e. The van der Waals surface area contributed by atoms with Crippen LogP contribution in [0.2, 0.25) is 0 Å². The van der Waals surface area contributed by atoms with Crippen molar-refractivity contribution in [2.24, 2.45) is 0 Å². The van der Waals surface area contributed by atoms with Crippen LogP contribution in [0.3, 0.4) is 0 Å². The van der Waals surface area contributed by atoms with Crippen LogP contribution in [0.5, 0.6) is 5.75 Å². The molecule has 1 aromatic heterocycles. The van der Waals surface area contributed by atoms with Gasteiger partial charge in [0.2, 0.25) is 11.8 Å². The van der Waals surface area contributed by atoms with Gasteiger partial charge in [-0.1, -0.05) is 19.3 Å². The molecule has 29 heavy (non-hydrogen) atoms. The van der Waals surface area contributed by atoms with Crippen LogP contribution in [0.1, 0.15) is 38.5 Å². The summed E-state index contributed by atoms with van der Waals surface area (Å²) in [6.07, 6.45) is 5.95. The van der Waals surface area contributed by atoms with Gasteiger partial charge in [0.25, 0.3) is 0 Å². The number of H-pyrrole nitrogens is 1. The molecule has 156 valence electrons. The van der Waals surface area contributed by atoms with Crippen molar-refractivity contribution in [3.05, 3.63) is 29.0 Å². The topological polar surface area (TPSA) is 101 Å². The third-order valence-electron chi connectivity index (χ3n) is 5.05. The first kappa shape index (κ1) is 21.0. The van der Waals surface area contributed by atoms with E-state index >= 15 is 0 Å². The van der Waals surface area contributed by atoms with Gasteiger partial charge < -0.3 is 15.4 Å². The van der Waals surface area contributed by atoms with Crippen molar-refractivity contribution in [2.45, 2.75) is 51.1 Å². The van der Waals surface area contributed by atoms with Crippen molar-refractivity contribution < 1.29 is 14.3 Å². The molecule has 3 N–H and O–H groups in total. The van der Waals surface area contributed by atoms with E-state index in [-0.39, 0.29) is 30.8 Å². The van der Waals surface area contributed by atoms with Crippen LogP contribution >= 0.6 is 12.2 Å². The predicted molar refractivity (Wildman–Crippen MR) is 112 cm³/mol. The lowest BCUT2D eigenvalue weighted by Crippen LogP contribution is -2.38. The normalized spacial score (nSPS) is 14.4. The molecule has 2 amide bonds. The number of hydrogen-bond donors (Lipinski definition) is 3. The molecule has 2 aromatic rings. The van der Waals surface area contributed by atoms with Crippen LogP contribution in [0.4, 0.5) is 0 Å². The second-order valence-electron chi connectivity index (χ2n) is 7.17. The molecular weight excluding hydrogens is 390 g/mol. The number of nitrogens with zero attached hydrogens (tertiary/aromatic N) is 2. The molecule has 0 spiro atoms. The van der Waals surface area contributed by atoms with Crippen molar-refractivity contribution in [3.63, 3.8) is 0 Å². The zero-order valence-corrected chi connectivity index (χ0v) is 17.4. The van der Waals surface area contributed by atoms with Crippen molar-refractivity contribution >= 4 is 24.0 Å². The molecule has 1 aromatic carbocycles. The van der Waals surface area contributed by atoms with E-state index in [4.69, 9.17) is 17.0 Å². The highest BCUT2D eigenvalue weighted by Crippen LogP contribution is 2.21. The number of aromatic amines is 1. The summed E-state index contributed by atoms with van der Waals surface area (Å²) in [4.78, 5) is 24.4. The molecule has 8 nitrogen and oxygen atoms in total. The van der Waals surface area contributed by atoms with E-state index in [1.807, 2.05) is 24.3 Å². The quantitative estimate of drug-likeness (QED) is 0.573. The fourth-order valence-electron chi connectivity index (χ4n) is 3.49. The van der Waals surface area contributed by atoms with Crippen molar-refractivity contribution in [2.75, 3.05) is 13.7 Å². The molecular formula is C20H27N5O3S. The number of aromatic nitrogens is 3. The van der Waals surface area contributed by atoms with Crippen LogP contribution in [-0.2, 0) is 16.1 Å². The number of nitrogens with one attached hydrogen (secondary N) is 3. The van der Waals surface area contributed by atoms with Crippen LogP contribution in [0.25, 0.3) is 11.4 Å². The molecule has 1 aliphatic carbocycles. The molecule has 1 saturated carbocycles. The van der Waals surface area contributed by atoms with E-state index < -0.39 is 0 Å². The lowest BCUT2D eigenvalue weighted by molar-refractivity contribution is -0.123. The molecule has 0 aliphatic heterocycles. The largest absolute Gasteiger partial charge is 0.497 e. The van der Waals surface area contributed by atoms with Gasteiger partial charge in [0, 0.05) is 24.6 Å². The summed E-state index contributed by atoms with van der Waals surface area (Å²) in [5.41, 5.74) is 0.817. The Kier molecular flexibility index (Phi) is 7.40. The van der Waals surface area contributed by atoms with Gasteiger partial charge >= 0.3 is 0 Å². The highest BCUT2D eigenvalue weighted by atomic mass is 32.1. The Morgan fingerprint density at radius 2 is 1.93 bits per heavy atom. The van der Waals surface area contributed by atoms with Gasteiger partial charge in [-0.3, -0.25) is 19.3 Å². The average Bonchev–Trinajstić information content (AvgIpc) is 3.09. The van der Waals surface area contributed by atoms with E-state index in [9.17, 15) is 9.59 Å². The van der Waals surface area contributed by atoms with Gasteiger partial charge in [-0.15, -0.1) is 0 Å². The van der Waals surface area contributed by atoms with Crippen LogP contribution in [-0.4, -0.2) is 46.3 Å². The number of amides is 2. The lowest BCUT2D eigenvalue weighted by atomic mass is 9.95. The average molecular weight is 418 g/mol. The maximum atomic E-state index is 12.3. The Labute approximate surface area is 175 Å². The molecule has 0 bridgehead atoms. The van der Waals surface area contributed by atoms with Crippen molar-refractivity contribution in [1.82, 2.24) is 25.4 Å². The van der Waals surface area contributed by atoms with Crippen molar-refractivity contribution in [1.29, 1.82) is 0 Å². The van der Waals surface area contributed by atoms with Crippen LogP contribution < -0.4 is 15.4 Å². The standard InChI is InChI=1S/C20H27N5O3S/c1-28-16-9-7-14(8-10-16)19-23-24-20(29)25(19)13-18(27)21-12-11-17(26)22-15-5-3-2-4-6-15/h7-10,15H,2-6,11-13H2,1H3,(H,21,27)(H,22,26)(H,24,29). The zero-order chi connectivity index (χ0) is 20.6. The first-order chi connectivity index (χ1) is 14.1. The number of benzene rings is 1. The fraction of sp³-hybridized carbons (Fsp3) is 0.500. The van der Waals surface area contributed by atoms with Gasteiger partial charge in [0.1, 0.15) is 12.3 Å². The van der Waals surface area contributed by atoms with E-state index in [1.165, 1.54) is 19.3 Å². The number of carbonyl (C=O) groups excluding carboxylic acids is 2. The number of methoxy groups -OCH3 is 1. The first-order valence-corrected chi connectivity index (χ1v) is 10.3. The summed E-state index contributed by atoms with van der Waals surface area (Å²) >= 11 is 5.26. The molecule has 9 heteroatoms. The monoisotopic (exact) mass is 417 g/mol. The van der Waals surface area contributed by atoms with Gasteiger partial charge in [-0.25, -0.2) is 0 Å². The van der Waals surface area contributed by atoms with E-state index in [0.29, 0.717) is 17.1 Å². The van der Waals surface area contributed by atoms with Gasteiger partial charge in [0.15, 0.2) is 10.6 Å². The molecule has 0 radical (unpaired) electrons. The number of ether oxygens (including phenoxy) is 1. The summed E-state index contributed by atoms with van der Waals surface area (Å²) < 4.78 is 7.16. The van der Waals surface area contributed by atoms with Gasteiger partial charge in [-0.05, 0) is 49.3 Å². The maximum absolute atomic E-state index is 12.3. The lowest BCUT2D eigenvalue weighted by Gasteiger charge is -2.22. The molecule has 1 fully saturated rings. The van der Waals surface area contributed by atoms with E-state index in [0.717, 1.165) is 24.2 Å². The molecule has 1 aliphatic rings. The van der Waals surface area contributed by atoms with Crippen LogP contribution in [0.15, 0.2) is 24.3 Å². The molecule has 1 heterocycles. The molecule has 3 rings (SSSR count). The van der Waals surface area contributed by atoms with E-state index in [2.05, 4.69) is 20.8 Å². The summed E-state index contributed by atoms with van der Waals surface area (Å²) in [5.74, 6) is 1.07. The SMILES string of the molecule is COc1ccc(-c2n[nH]c(=S)n2CC(=O)NCCC(=O)NC2CCCCC2)cc1. The minimum atomic E-state index is -0.220. The highest BCUT2D eigenvalue weighted by molar-refractivity contribution is 7.71. The Balaban J connectivity index is 1.51. The summed E-state index contributed by atoms with van der Waals surface area (Å²) in [5, 5.41) is 12.8. The Hall–Kier alpha value is -2.68. The predicted octanol–water partition coefficient (Wildman–Crippen LogP) is 2.57. The van der Waals surface area contributed by atoms with Crippen LogP contribution in [0, 0.1) is 4.77 Å². The van der Waals surface area contributed by atoms with Gasteiger partial charge in [0.05, 0.1) is 7.11 Å². The Morgan fingerprint density at radius 1 is 1.21 bits per heavy atom. The number of rotatable bonds is 8.